The van der Waals surface area contributed by atoms with Crippen LogP contribution in [-0.4, -0.2) is 15.7 Å². The number of carbonyl (C=O) groups excluding carboxylic acids is 1. The molecule has 0 bridgehead atoms. The summed E-state index contributed by atoms with van der Waals surface area (Å²) in [6.07, 6.45) is 0. The van der Waals surface area contributed by atoms with Gasteiger partial charge in [0.05, 0.1) is 10.6 Å². The maximum atomic E-state index is 12.0. The van der Waals surface area contributed by atoms with Crippen molar-refractivity contribution < 1.29 is 4.79 Å². The van der Waals surface area contributed by atoms with Crippen molar-refractivity contribution in [3.8, 4) is 0 Å². The lowest BCUT2D eigenvalue weighted by Crippen LogP contribution is -2.15. The summed E-state index contributed by atoms with van der Waals surface area (Å²) < 4.78 is 1.24. The van der Waals surface area contributed by atoms with Gasteiger partial charge in [-0.2, -0.15) is 9.78 Å². The first kappa shape index (κ1) is 9.92. The predicted octanol–water partition coefficient (Wildman–Crippen LogP) is 1.83. The van der Waals surface area contributed by atoms with E-state index in [0.717, 1.165) is 11.3 Å². The molecule has 2 aromatic rings. The van der Waals surface area contributed by atoms with Gasteiger partial charge in [0.15, 0.2) is 0 Å². The van der Waals surface area contributed by atoms with Crippen molar-refractivity contribution in [1.82, 2.24) is 9.78 Å². The Balaban J connectivity index is 2.45. The van der Waals surface area contributed by atoms with Crippen molar-refractivity contribution in [2.45, 2.75) is 13.8 Å². The third-order valence-electron chi connectivity index (χ3n) is 2.11. The number of aryl methyl sites for hydroxylation is 2. The predicted molar refractivity (Wildman–Crippen MR) is 60.2 cm³/mol. The van der Waals surface area contributed by atoms with Gasteiger partial charge in [-0.05, 0) is 30.9 Å². The van der Waals surface area contributed by atoms with Crippen LogP contribution in [0.1, 0.15) is 20.9 Å². The second-order valence-corrected chi connectivity index (χ2v) is 4.28. The zero-order valence-electron chi connectivity index (χ0n) is 8.52. The van der Waals surface area contributed by atoms with Crippen LogP contribution in [0.15, 0.2) is 17.5 Å². The van der Waals surface area contributed by atoms with Crippen LogP contribution in [0.3, 0.4) is 0 Å². The summed E-state index contributed by atoms with van der Waals surface area (Å²) in [4.78, 5) is 12.7. The lowest BCUT2D eigenvalue weighted by Gasteiger charge is -2.00. The van der Waals surface area contributed by atoms with Gasteiger partial charge in [0.25, 0.3) is 5.91 Å². The molecule has 2 aromatic heterocycles. The normalized spacial score (nSPS) is 10.5. The third kappa shape index (κ3) is 1.66. The smallest absolute Gasteiger partial charge is 0.290 e. The first-order valence-electron chi connectivity index (χ1n) is 4.50. The minimum Gasteiger partial charge on any atom is -0.383 e. The zero-order valence-corrected chi connectivity index (χ0v) is 9.34. The number of nitrogens with zero attached hydrogens (tertiary/aromatic N) is 2. The molecule has 0 atom stereocenters. The number of aromatic nitrogens is 2. The van der Waals surface area contributed by atoms with Crippen LogP contribution < -0.4 is 5.73 Å². The first-order valence-corrected chi connectivity index (χ1v) is 5.38. The molecule has 0 fully saturated rings. The van der Waals surface area contributed by atoms with E-state index in [9.17, 15) is 4.79 Å². The van der Waals surface area contributed by atoms with Crippen molar-refractivity contribution in [3.63, 3.8) is 0 Å². The number of nitrogen functional groups attached to an aromatic ring is 1. The van der Waals surface area contributed by atoms with Crippen LogP contribution in [0.25, 0.3) is 0 Å². The Hall–Kier alpha value is -1.62. The molecule has 0 aliphatic carbocycles. The highest BCUT2D eigenvalue weighted by Gasteiger charge is 2.16. The molecular formula is C10H11N3OS. The molecule has 4 nitrogen and oxygen atoms in total. The average molecular weight is 221 g/mol. The van der Waals surface area contributed by atoms with Gasteiger partial charge in [0, 0.05) is 6.07 Å². The molecule has 0 aliphatic rings. The van der Waals surface area contributed by atoms with Crippen LogP contribution in [0, 0.1) is 13.8 Å². The maximum Gasteiger partial charge on any atom is 0.290 e. The van der Waals surface area contributed by atoms with Crippen LogP contribution in [0.2, 0.25) is 0 Å². The Kier molecular flexibility index (Phi) is 2.32. The molecule has 0 spiro atoms. The van der Waals surface area contributed by atoms with Gasteiger partial charge >= 0.3 is 0 Å². The van der Waals surface area contributed by atoms with Crippen molar-refractivity contribution in [2.24, 2.45) is 0 Å². The Labute approximate surface area is 91.3 Å². The lowest BCUT2D eigenvalue weighted by atomic mass is 10.3. The molecule has 0 saturated carbocycles. The molecule has 2 N–H and O–H groups in total. The minimum absolute atomic E-state index is 0.159. The van der Waals surface area contributed by atoms with Crippen molar-refractivity contribution in [3.05, 3.63) is 33.6 Å². The summed E-state index contributed by atoms with van der Waals surface area (Å²) in [6.45, 7) is 3.71. The average Bonchev–Trinajstić information content (AvgIpc) is 2.71. The van der Waals surface area contributed by atoms with E-state index < -0.39 is 0 Å². The monoisotopic (exact) mass is 221 g/mol. The lowest BCUT2D eigenvalue weighted by molar-refractivity contribution is 0.0951. The van der Waals surface area contributed by atoms with Crippen molar-refractivity contribution >= 4 is 23.1 Å². The Morgan fingerprint density at radius 2 is 2.27 bits per heavy atom. The second kappa shape index (κ2) is 3.51. The van der Waals surface area contributed by atoms with Gasteiger partial charge in [0.2, 0.25) is 0 Å². The molecule has 2 rings (SSSR count). The molecular weight excluding hydrogens is 210 g/mol. The van der Waals surface area contributed by atoms with E-state index in [0.29, 0.717) is 10.7 Å². The molecule has 0 aliphatic heterocycles. The summed E-state index contributed by atoms with van der Waals surface area (Å²) in [6, 6.07) is 3.59. The number of carbonyl (C=O) groups is 1. The van der Waals surface area contributed by atoms with E-state index in [1.54, 1.807) is 13.0 Å². The van der Waals surface area contributed by atoms with Gasteiger partial charge < -0.3 is 5.73 Å². The fourth-order valence-corrected chi connectivity index (χ4v) is 2.22. The quantitative estimate of drug-likeness (QED) is 0.799. The standard InChI is InChI=1S/C10H11N3OS/c1-6-3-4-15-9(6)10(14)13-8(11)5-7(2)12-13/h3-5H,11H2,1-2H3. The molecule has 78 valence electrons. The van der Waals surface area contributed by atoms with E-state index in [-0.39, 0.29) is 5.91 Å². The molecule has 2 heterocycles. The molecule has 0 unspecified atom stereocenters. The number of nitrogens with two attached hydrogens (primary N) is 1. The number of rotatable bonds is 1. The highest BCUT2D eigenvalue weighted by Crippen LogP contribution is 2.18. The van der Waals surface area contributed by atoms with E-state index in [1.165, 1.54) is 16.0 Å². The van der Waals surface area contributed by atoms with Gasteiger partial charge in [0.1, 0.15) is 5.82 Å². The van der Waals surface area contributed by atoms with E-state index in [1.807, 2.05) is 18.4 Å². The summed E-state index contributed by atoms with van der Waals surface area (Å²) in [5, 5.41) is 5.94. The van der Waals surface area contributed by atoms with Gasteiger partial charge in [-0.25, -0.2) is 0 Å². The van der Waals surface area contributed by atoms with Crippen LogP contribution in [0.4, 0.5) is 5.82 Å². The molecule has 0 amide bonds. The van der Waals surface area contributed by atoms with Crippen molar-refractivity contribution in [1.29, 1.82) is 0 Å². The zero-order chi connectivity index (χ0) is 11.0. The summed E-state index contributed by atoms with van der Waals surface area (Å²) in [5.41, 5.74) is 7.38. The summed E-state index contributed by atoms with van der Waals surface area (Å²) in [7, 11) is 0. The van der Waals surface area contributed by atoms with E-state index in [4.69, 9.17) is 5.73 Å². The van der Waals surface area contributed by atoms with E-state index >= 15 is 0 Å². The first-order chi connectivity index (χ1) is 7.09. The van der Waals surface area contributed by atoms with E-state index in [2.05, 4.69) is 5.10 Å². The van der Waals surface area contributed by atoms with Crippen LogP contribution in [-0.2, 0) is 0 Å². The largest absolute Gasteiger partial charge is 0.383 e. The Morgan fingerprint density at radius 1 is 1.53 bits per heavy atom. The number of anilines is 1. The SMILES string of the molecule is Cc1cc(N)n(C(=O)c2sccc2C)n1. The Morgan fingerprint density at radius 3 is 2.73 bits per heavy atom. The summed E-state index contributed by atoms with van der Waals surface area (Å²) in [5.74, 6) is 0.221. The topological polar surface area (TPSA) is 60.9 Å². The second-order valence-electron chi connectivity index (χ2n) is 3.36. The fraction of sp³-hybridized carbons (Fsp3) is 0.200. The highest BCUT2D eigenvalue weighted by molar-refractivity contribution is 7.12. The Bertz CT molecular complexity index is 512. The van der Waals surface area contributed by atoms with Gasteiger partial charge in [-0.3, -0.25) is 4.79 Å². The molecule has 5 heteroatoms. The molecule has 0 aromatic carbocycles. The fourth-order valence-electron chi connectivity index (χ4n) is 1.37. The number of hydrogen-bond acceptors (Lipinski definition) is 4. The number of thiophene rings is 1. The van der Waals surface area contributed by atoms with Gasteiger partial charge in [-0.15, -0.1) is 11.3 Å². The summed E-state index contributed by atoms with van der Waals surface area (Å²) >= 11 is 1.40. The van der Waals surface area contributed by atoms with Crippen molar-refractivity contribution in [2.75, 3.05) is 5.73 Å². The van der Waals surface area contributed by atoms with Gasteiger partial charge in [-0.1, -0.05) is 0 Å². The van der Waals surface area contributed by atoms with Crippen LogP contribution in [0.5, 0.6) is 0 Å². The minimum atomic E-state index is -0.159. The highest BCUT2D eigenvalue weighted by atomic mass is 32.1. The number of hydrogen-bond donors (Lipinski definition) is 1. The third-order valence-corrected chi connectivity index (χ3v) is 3.11. The molecule has 15 heavy (non-hydrogen) atoms. The molecule has 0 radical (unpaired) electrons. The van der Waals surface area contributed by atoms with Crippen LogP contribution >= 0.6 is 11.3 Å². The molecule has 0 saturated heterocycles. The maximum absolute atomic E-state index is 12.0.